The van der Waals surface area contributed by atoms with Gasteiger partial charge in [-0.25, -0.2) is 0 Å². The summed E-state index contributed by atoms with van der Waals surface area (Å²) in [7, 11) is 1.86. The van der Waals surface area contributed by atoms with Gasteiger partial charge >= 0.3 is 0 Å². The van der Waals surface area contributed by atoms with E-state index in [2.05, 4.69) is 113 Å². The molecular formula is C48H59NO2S. The molecule has 6 aliphatic rings. The Labute approximate surface area is 317 Å². The Morgan fingerprint density at radius 3 is 2.15 bits per heavy atom. The third-order valence-electron chi connectivity index (χ3n) is 13.2. The molecule has 0 radical (unpaired) electrons. The monoisotopic (exact) mass is 713 g/mol. The molecule has 0 aromatic heterocycles. The molecule has 5 aliphatic carbocycles. The first kappa shape index (κ1) is 35.8. The highest BCUT2D eigenvalue weighted by Crippen LogP contribution is 2.62. The summed E-state index contributed by atoms with van der Waals surface area (Å²) in [4.78, 5) is 18.7. The number of rotatable bonds is 9. The summed E-state index contributed by atoms with van der Waals surface area (Å²) in [6.07, 6.45) is 16.6. The number of fused-ring (bicyclic) bond motifs is 1. The van der Waals surface area contributed by atoms with E-state index in [0.717, 1.165) is 54.2 Å². The third-order valence-corrected chi connectivity index (χ3v) is 14.6. The predicted octanol–water partition coefficient (Wildman–Crippen LogP) is 12.9. The van der Waals surface area contributed by atoms with Crippen molar-refractivity contribution in [2.24, 2.45) is 23.2 Å². The van der Waals surface area contributed by atoms with Crippen molar-refractivity contribution in [3.05, 3.63) is 99.0 Å². The van der Waals surface area contributed by atoms with Crippen LogP contribution in [-0.2, 0) is 16.6 Å². The predicted molar refractivity (Wildman–Crippen MR) is 219 cm³/mol. The van der Waals surface area contributed by atoms with Crippen molar-refractivity contribution in [1.82, 2.24) is 0 Å². The van der Waals surface area contributed by atoms with Crippen LogP contribution in [0.5, 0.6) is 5.75 Å². The van der Waals surface area contributed by atoms with Gasteiger partial charge in [0, 0.05) is 34.8 Å². The second-order valence-corrected chi connectivity index (χ2v) is 19.6. The van der Waals surface area contributed by atoms with Gasteiger partial charge in [-0.2, -0.15) is 0 Å². The van der Waals surface area contributed by atoms with Crippen LogP contribution in [0.1, 0.15) is 139 Å². The Bertz CT molecular complexity index is 1870. The summed E-state index contributed by atoms with van der Waals surface area (Å²) in [5, 5.41) is 0. The number of Topliss-reactive ketones (excluding diaryl/α,β-unsaturated/α-hetero) is 1. The van der Waals surface area contributed by atoms with Crippen LogP contribution in [0.15, 0.2) is 76.0 Å². The highest BCUT2D eigenvalue weighted by molar-refractivity contribution is 8.04. The SMILES string of the molecule is COc1ccc(N2CCCc3cc(/C=C/C4=C(Sc5c(C(C)C)cccc5C(C)C)C(=O)CC(C)(C)C4)ccc32)cc1C12CC3CC(CC(C3)C1)C2. The van der Waals surface area contributed by atoms with Crippen molar-refractivity contribution in [3.8, 4) is 5.75 Å². The number of anilines is 2. The van der Waals surface area contributed by atoms with E-state index < -0.39 is 0 Å². The van der Waals surface area contributed by atoms with Gasteiger partial charge in [0.2, 0.25) is 0 Å². The Morgan fingerprint density at radius 1 is 0.846 bits per heavy atom. The normalized spacial score (nSPS) is 26.6. The lowest BCUT2D eigenvalue weighted by atomic mass is 9.48. The van der Waals surface area contributed by atoms with Gasteiger partial charge in [0.25, 0.3) is 0 Å². The molecule has 4 saturated carbocycles. The van der Waals surface area contributed by atoms with Crippen molar-refractivity contribution >= 4 is 35.0 Å². The molecule has 0 amide bonds. The second-order valence-electron chi connectivity index (χ2n) is 18.5. The Hall–Kier alpha value is -3.24. The number of carbonyl (C=O) groups is 1. The zero-order valence-electron chi connectivity index (χ0n) is 32.7. The average Bonchev–Trinajstić information content (AvgIpc) is 3.10. The molecule has 4 bridgehead atoms. The standard InChI is InChI=1S/C48H59NO2S/c1-30(2)39-11-8-12-40(31(3)4)46(39)52-45-37(28-47(5,6)29-43(45)50)15-13-32-14-17-42-36(23-32)10-9-19-49(42)38-16-18-44(51-7)41(24-38)48-25-33-20-34(26-48)22-35(21-33)27-48/h8,11-18,23-24,30-31,33-35H,9-10,19-22,25-29H2,1-7H3/b15-13+. The molecule has 3 aromatic carbocycles. The molecule has 0 unspecified atom stereocenters. The van der Waals surface area contributed by atoms with E-state index >= 15 is 0 Å². The van der Waals surface area contributed by atoms with Crippen LogP contribution in [0, 0.1) is 23.2 Å². The number of thioether (sulfide) groups is 1. The topological polar surface area (TPSA) is 29.5 Å². The maximum atomic E-state index is 13.9. The molecule has 274 valence electrons. The second kappa shape index (κ2) is 13.9. The first-order chi connectivity index (χ1) is 24.9. The zero-order chi connectivity index (χ0) is 36.4. The number of hydrogen-bond acceptors (Lipinski definition) is 4. The number of methoxy groups -OCH3 is 1. The van der Waals surface area contributed by atoms with Crippen LogP contribution in [0.3, 0.4) is 0 Å². The number of aryl methyl sites for hydroxylation is 1. The summed E-state index contributed by atoms with van der Waals surface area (Å²) in [5.41, 5.74) is 10.8. The van der Waals surface area contributed by atoms with Crippen molar-refractivity contribution in [1.29, 1.82) is 0 Å². The lowest BCUT2D eigenvalue weighted by Crippen LogP contribution is -2.48. The van der Waals surface area contributed by atoms with Crippen LogP contribution in [0.25, 0.3) is 6.08 Å². The smallest absolute Gasteiger partial charge is 0.170 e. The van der Waals surface area contributed by atoms with Crippen LogP contribution in [-0.4, -0.2) is 19.4 Å². The van der Waals surface area contributed by atoms with Gasteiger partial charge in [-0.05, 0) is 156 Å². The first-order valence-electron chi connectivity index (χ1n) is 20.3. The van der Waals surface area contributed by atoms with Crippen LogP contribution < -0.4 is 9.64 Å². The minimum absolute atomic E-state index is 0.0526. The third kappa shape index (κ3) is 6.71. The largest absolute Gasteiger partial charge is 0.496 e. The molecule has 52 heavy (non-hydrogen) atoms. The molecule has 0 saturated heterocycles. The number of hydrogen-bond donors (Lipinski definition) is 0. The summed E-state index contributed by atoms with van der Waals surface area (Å²) < 4.78 is 6.08. The number of ether oxygens (including phenoxy) is 1. The molecule has 4 fully saturated rings. The van der Waals surface area contributed by atoms with E-state index in [0.29, 0.717) is 18.3 Å². The molecular weight excluding hydrogens is 655 g/mol. The molecule has 9 rings (SSSR count). The fourth-order valence-corrected chi connectivity index (χ4v) is 12.7. The molecule has 3 nitrogen and oxygen atoms in total. The molecule has 0 spiro atoms. The maximum Gasteiger partial charge on any atom is 0.170 e. The fraction of sp³-hybridized carbons (Fsp3) is 0.521. The summed E-state index contributed by atoms with van der Waals surface area (Å²) in [6.45, 7) is 14.6. The first-order valence-corrected chi connectivity index (χ1v) is 21.1. The number of ketones is 1. The molecule has 3 aromatic rings. The van der Waals surface area contributed by atoms with Gasteiger partial charge in [-0.3, -0.25) is 4.79 Å². The molecule has 4 heteroatoms. The van der Waals surface area contributed by atoms with E-state index in [1.165, 1.54) is 88.2 Å². The number of carbonyl (C=O) groups excluding carboxylic acids is 1. The van der Waals surface area contributed by atoms with E-state index in [-0.39, 0.29) is 16.6 Å². The number of nitrogens with zero attached hydrogens (tertiary/aromatic N) is 1. The van der Waals surface area contributed by atoms with Crippen molar-refractivity contribution < 1.29 is 9.53 Å². The molecule has 1 heterocycles. The quantitative estimate of drug-likeness (QED) is 0.221. The van der Waals surface area contributed by atoms with Gasteiger partial charge in [-0.1, -0.05) is 89.7 Å². The highest BCUT2D eigenvalue weighted by atomic mass is 32.2. The minimum atomic E-state index is -0.0526. The zero-order valence-corrected chi connectivity index (χ0v) is 33.5. The maximum absolute atomic E-state index is 13.9. The molecule has 0 atom stereocenters. The van der Waals surface area contributed by atoms with Crippen molar-refractivity contribution in [2.45, 2.75) is 128 Å². The van der Waals surface area contributed by atoms with Gasteiger partial charge in [0.15, 0.2) is 5.78 Å². The Morgan fingerprint density at radius 2 is 1.52 bits per heavy atom. The highest BCUT2D eigenvalue weighted by Gasteiger charge is 2.52. The van der Waals surface area contributed by atoms with Crippen LogP contribution >= 0.6 is 11.8 Å². The van der Waals surface area contributed by atoms with Gasteiger partial charge < -0.3 is 9.64 Å². The van der Waals surface area contributed by atoms with Crippen molar-refractivity contribution in [3.63, 3.8) is 0 Å². The molecule has 0 N–H and O–H groups in total. The summed E-state index contributed by atoms with van der Waals surface area (Å²) in [5.74, 6) is 4.87. The number of allylic oxidation sites excluding steroid dienone is 3. The Balaban J connectivity index is 1.10. The Kier molecular flexibility index (Phi) is 9.54. The summed E-state index contributed by atoms with van der Waals surface area (Å²) in [6, 6.07) is 20.8. The average molecular weight is 714 g/mol. The van der Waals surface area contributed by atoms with Crippen LogP contribution in [0.2, 0.25) is 0 Å². The van der Waals surface area contributed by atoms with Crippen molar-refractivity contribution in [2.75, 3.05) is 18.6 Å². The number of benzene rings is 3. The van der Waals surface area contributed by atoms with E-state index in [9.17, 15) is 4.79 Å². The van der Waals surface area contributed by atoms with Crippen LogP contribution in [0.4, 0.5) is 11.4 Å². The van der Waals surface area contributed by atoms with Gasteiger partial charge in [-0.15, -0.1) is 0 Å². The lowest BCUT2D eigenvalue weighted by molar-refractivity contribution is -0.117. The van der Waals surface area contributed by atoms with Gasteiger partial charge in [0.05, 0.1) is 12.0 Å². The van der Waals surface area contributed by atoms with E-state index in [1.807, 2.05) is 7.11 Å². The fourth-order valence-electron chi connectivity index (χ4n) is 11.2. The van der Waals surface area contributed by atoms with Gasteiger partial charge in [0.1, 0.15) is 5.75 Å². The minimum Gasteiger partial charge on any atom is -0.496 e. The lowest BCUT2D eigenvalue weighted by Gasteiger charge is -2.57. The van der Waals surface area contributed by atoms with E-state index in [1.54, 1.807) is 11.8 Å². The summed E-state index contributed by atoms with van der Waals surface area (Å²) >= 11 is 1.73. The van der Waals surface area contributed by atoms with E-state index in [4.69, 9.17) is 4.74 Å². The molecule has 1 aliphatic heterocycles.